The summed E-state index contributed by atoms with van der Waals surface area (Å²) >= 11 is 0. The minimum Gasteiger partial charge on any atom is -0.346 e. The zero-order valence-corrected chi connectivity index (χ0v) is 17.5. The molecule has 0 radical (unpaired) electrons. The van der Waals surface area contributed by atoms with Crippen LogP contribution in [0.3, 0.4) is 0 Å². The third-order valence-corrected chi connectivity index (χ3v) is 6.37. The van der Waals surface area contributed by atoms with Gasteiger partial charge in [-0.25, -0.2) is 4.98 Å². The van der Waals surface area contributed by atoms with Crippen LogP contribution in [0.15, 0.2) is 60.9 Å². The summed E-state index contributed by atoms with van der Waals surface area (Å²) in [5.74, 6) is 0.122. The van der Waals surface area contributed by atoms with Gasteiger partial charge in [-0.2, -0.15) is 0 Å². The Morgan fingerprint density at radius 3 is 2.77 bits per heavy atom. The summed E-state index contributed by atoms with van der Waals surface area (Å²) < 4.78 is 0. The molecule has 0 saturated carbocycles. The number of hydrogen-bond acceptors (Lipinski definition) is 3. The molecule has 1 atom stereocenters. The van der Waals surface area contributed by atoms with E-state index in [0.717, 1.165) is 41.4 Å². The van der Waals surface area contributed by atoms with Crippen LogP contribution in [0.4, 0.5) is 0 Å². The summed E-state index contributed by atoms with van der Waals surface area (Å²) in [6.45, 7) is 1.92. The van der Waals surface area contributed by atoms with Crippen LogP contribution in [0.5, 0.6) is 0 Å². The predicted molar refractivity (Wildman–Crippen MR) is 120 cm³/mol. The number of nitrogens with one attached hydrogen (secondary N) is 1. The number of amides is 2. The molecule has 4 heterocycles. The van der Waals surface area contributed by atoms with E-state index >= 15 is 0 Å². The maximum Gasteiger partial charge on any atom is 0.245 e. The van der Waals surface area contributed by atoms with Gasteiger partial charge < -0.3 is 14.8 Å². The molecule has 1 N–H and O–H groups in total. The predicted octanol–water partition coefficient (Wildman–Crippen LogP) is 3.41. The highest BCUT2D eigenvalue weighted by molar-refractivity contribution is 5.92. The lowest BCUT2D eigenvalue weighted by molar-refractivity contribution is -0.143. The van der Waals surface area contributed by atoms with E-state index in [1.54, 1.807) is 11.1 Å². The first kappa shape index (κ1) is 19.5. The highest BCUT2D eigenvalue weighted by Gasteiger charge is 2.36. The second-order valence-electron chi connectivity index (χ2n) is 8.27. The van der Waals surface area contributed by atoms with Crippen molar-refractivity contribution in [1.82, 2.24) is 19.8 Å². The van der Waals surface area contributed by atoms with Crippen molar-refractivity contribution in [2.45, 2.75) is 31.7 Å². The van der Waals surface area contributed by atoms with Gasteiger partial charge in [-0.15, -0.1) is 0 Å². The molecule has 0 aliphatic carbocycles. The van der Waals surface area contributed by atoms with E-state index in [-0.39, 0.29) is 17.9 Å². The summed E-state index contributed by atoms with van der Waals surface area (Å²) in [6.07, 6.45) is 8.71. The quantitative estimate of drug-likeness (QED) is 0.711. The van der Waals surface area contributed by atoms with Crippen molar-refractivity contribution in [3.05, 3.63) is 72.1 Å². The number of aromatic nitrogens is 2. The molecule has 1 saturated heterocycles. The summed E-state index contributed by atoms with van der Waals surface area (Å²) in [6, 6.07) is 13.4. The third-order valence-electron chi connectivity index (χ3n) is 6.37. The number of likely N-dealkylation sites (tertiary alicyclic amines) is 1. The third kappa shape index (κ3) is 3.85. The van der Waals surface area contributed by atoms with Gasteiger partial charge in [0, 0.05) is 43.0 Å². The lowest BCUT2D eigenvalue weighted by atomic mass is 9.99. The van der Waals surface area contributed by atoms with Crippen LogP contribution in [-0.2, 0) is 16.0 Å². The van der Waals surface area contributed by atoms with E-state index in [0.29, 0.717) is 26.1 Å². The van der Waals surface area contributed by atoms with Gasteiger partial charge in [-0.05, 0) is 42.5 Å². The number of carbonyl (C=O) groups is 2. The van der Waals surface area contributed by atoms with E-state index in [4.69, 9.17) is 0 Å². The van der Waals surface area contributed by atoms with Gasteiger partial charge >= 0.3 is 0 Å². The monoisotopic (exact) mass is 414 g/mol. The number of H-pyrrole nitrogens is 1. The van der Waals surface area contributed by atoms with Crippen molar-refractivity contribution in [3.63, 3.8) is 0 Å². The van der Waals surface area contributed by atoms with E-state index in [2.05, 4.69) is 22.1 Å². The Hall–Kier alpha value is -3.41. The van der Waals surface area contributed by atoms with Gasteiger partial charge in [0.05, 0.1) is 6.42 Å². The number of fused-ring (bicyclic) bond motifs is 1. The van der Waals surface area contributed by atoms with Crippen molar-refractivity contribution in [1.29, 1.82) is 0 Å². The van der Waals surface area contributed by atoms with Crippen LogP contribution in [0.25, 0.3) is 16.6 Å². The van der Waals surface area contributed by atoms with Gasteiger partial charge in [-0.1, -0.05) is 36.4 Å². The van der Waals surface area contributed by atoms with Crippen molar-refractivity contribution in [3.8, 4) is 0 Å². The number of carbonyl (C=O) groups excluding carboxylic acids is 2. The average molecular weight is 415 g/mol. The maximum absolute atomic E-state index is 13.3. The van der Waals surface area contributed by atoms with Crippen LogP contribution in [0.2, 0.25) is 0 Å². The van der Waals surface area contributed by atoms with Crippen molar-refractivity contribution < 1.29 is 9.59 Å². The molecule has 0 spiro atoms. The van der Waals surface area contributed by atoms with Crippen molar-refractivity contribution in [2.75, 3.05) is 19.6 Å². The van der Waals surface area contributed by atoms with Crippen LogP contribution < -0.4 is 0 Å². The number of aromatic amines is 1. The highest BCUT2D eigenvalue weighted by Crippen LogP contribution is 2.29. The number of pyridine rings is 1. The zero-order chi connectivity index (χ0) is 21.2. The van der Waals surface area contributed by atoms with Gasteiger partial charge in [0.15, 0.2) is 0 Å². The Bertz CT molecular complexity index is 1130. The summed E-state index contributed by atoms with van der Waals surface area (Å²) in [7, 11) is 0. The van der Waals surface area contributed by atoms with E-state index < -0.39 is 0 Å². The first-order chi connectivity index (χ1) is 15.2. The molecule has 3 aromatic rings. The second-order valence-corrected chi connectivity index (χ2v) is 8.27. The fourth-order valence-electron chi connectivity index (χ4n) is 4.74. The minimum absolute atomic E-state index is 0.0431. The van der Waals surface area contributed by atoms with E-state index in [9.17, 15) is 9.59 Å². The summed E-state index contributed by atoms with van der Waals surface area (Å²) in [5, 5.41) is 1.11. The Labute approximate surface area is 181 Å². The first-order valence-electron chi connectivity index (χ1n) is 10.9. The fourth-order valence-corrected chi connectivity index (χ4v) is 4.74. The first-order valence-corrected chi connectivity index (χ1v) is 10.9. The zero-order valence-electron chi connectivity index (χ0n) is 17.5. The normalized spacial score (nSPS) is 19.0. The Morgan fingerprint density at radius 1 is 1.10 bits per heavy atom. The number of rotatable bonds is 4. The van der Waals surface area contributed by atoms with Crippen LogP contribution in [0.1, 0.15) is 30.4 Å². The molecule has 31 heavy (non-hydrogen) atoms. The van der Waals surface area contributed by atoms with Gasteiger partial charge in [0.1, 0.15) is 11.7 Å². The number of benzene rings is 1. The molecule has 2 aromatic heterocycles. The largest absolute Gasteiger partial charge is 0.346 e. The maximum atomic E-state index is 13.3. The molecule has 2 amide bonds. The molecular weight excluding hydrogens is 388 g/mol. The Balaban J connectivity index is 1.26. The topological polar surface area (TPSA) is 69.3 Å². The standard InChI is InChI=1S/C25H26N4O2/c30-23(16-18-6-2-1-3-7-18)29-13-5-9-22(29)25(31)28-14-10-19(11-15-28)21-17-27-24-20(21)8-4-12-26-24/h1-4,6-8,10,12,17,22H,5,9,11,13-16H2,(H,26,27). The molecule has 2 aliphatic rings. The highest BCUT2D eigenvalue weighted by atomic mass is 16.2. The molecule has 2 aliphatic heterocycles. The molecule has 5 rings (SSSR count). The Morgan fingerprint density at radius 2 is 1.97 bits per heavy atom. The number of hydrogen-bond donors (Lipinski definition) is 1. The van der Waals surface area contributed by atoms with E-state index in [1.165, 1.54) is 5.57 Å². The summed E-state index contributed by atoms with van der Waals surface area (Å²) in [5.41, 5.74) is 4.28. The van der Waals surface area contributed by atoms with Gasteiger partial charge in [-0.3, -0.25) is 9.59 Å². The molecule has 6 heteroatoms. The van der Waals surface area contributed by atoms with Crippen LogP contribution in [-0.4, -0.2) is 57.3 Å². The van der Waals surface area contributed by atoms with Crippen LogP contribution >= 0.6 is 0 Å². The number of nitrogens with zero attached hydrogens (tertiary/aromatic N) is 3. The molecule has 1 aromatic carbocycles. The van der Waals surface area contributed by atoms with Gasteiger partial charge in [0.25, 0.3) is 0 Å². The average Bonchev–Trinajstić information content (AvgIpc) is 3.47. The van der Waals surface area contributed by atoms with Crippen molar-refractivity contribution >= 4 is 28.4 Å². The molecule has 6 nitrogen and oxygen atoms in total. The fraction of sp³-hybridized carbons (Fsp3) is 0.320. The van der Waals surface area contributed by atoms with Crippen molar-refractivity contribution in [2.24, 2.45) is 0 Å². The molecular formula is C25H26N4O2. The molecule has 1 unspecified atom stereocenters. The van der Waals surface area contributed by atoms with Gasteiger partial charge in [0.2, 0.25) is 11.8 Å². The molecule has 0 bridgehead atoms. The SMILES string of the molecule is O=C(C1CCCN1C(=O)Cc1ccccc1)N1CC=C(c2c[nH]c3ncccc23)CC1. The van der Waals surface area contributed by atoms with E-state index in [1.807, 2.05) is 47.5 Å². The minimum atomic E-state index is -0.330. The lowest BCUT2D eigenvalue weighted by Gasteiger charge is -2.32. The Kier molecular flexibility index (Phi) is 5.28. The lowest BCUT2D eigenvalue weighted by Crippen LogP contribution is -2.49. The summed E-state index contributed by atoms with van der Waals surface area (Å²) in [4.78, 5) is 37.4. The smallest absolute Gasteiger partial charge is 0.245 e. The molecule has 158 valence electrons. The van der Waals surface area contributed by atoms with Crippen LogP contribution in [0, 0.1) is 0 Å². The molecule has 1 fully saturated rings. The second kappa shape index (κ2) is 8.38.